The van der Waals surface area contributed by atoms with Gasteiger partial charge in [-0.2, -0.15) is 0 Å². The Hall–Kier alpha value is -2.04. The van der Waals surface area contributed by atoms with Crippen LogP contribution in [0.5, 0.6) is 0 Å². The lowest BCUT2D eigenvalue weighted by atomic mass is 10.0. The summed E-state index contributed by atoms with van der Waals surface area (Å²) in [5.41, 5.74) is 0.592. The highest BCUT2D eigenvalue weighted by Gasteiger charge is 2.20. The van der Waals surface area contributed by atoms with E-state index in [-0.39, 0.29) is 24.4 Å². The zero-order valence-corrected chi connectivity index (χ0v) is 12.9. The van der Waals surface area contributed by atoms with E-state index in [0.29, 0.717) is 6.54 Å². The zero-order valence-electron chi connectivity index (χ0n) is 12.9. The molecule has 0 heterocycles. The minimum Gasteiger partial charge on any atom is -0.481 e. The molecule has 0 aliphatic rings. The summed E-state index contributed by atoms with van der Waals surface area (Å²) in [6, 6.07) is 9.38. The van der Waals surface area contributed by atoms with E-state index in [9.17, 15) is 9.59 Å². The summed E-state index contributed by atoms with van der Waals surface area (Å²) >= 11 is 0. The summed E-state index contributed by atoms with van der Waals surface area (Å²) in [7, 11) is 0. The van der Waals surface area contributed by atoms with Crippen LogP contribution >= 0.6 is 0 Å². The standard InChI is InChI=1S/C16H24N2O3/c1-4-16(2,3)17-14(19)12-18(11-10-15(20)21)13-8-6-5-7-9-13/h5-9H,4,10-12H2,1-3H3,(H,17,19)(H,20,21). The van der Waals surface area contributed by atoms with Gasteiger partial charge in [0.15, 0.2) is 0 Å². The predicted octanol–water partition coefficient (Wildman–Crippen LogP) is 2.27. The van der Waals surface area contributed by atoms with E-state index in [1.165, 1.54) is 0 Å². The van der Waals surface area contributed by atoms with E-state index < -0.39 is 5.97 Å². The number of carbonyl (C=O) groups is 2. The number of anilines is 1. The monoisotopic (exact) mass is 292 g/mol. The van der Waals surface area contributed by atoms with Gasteiger partial charge in [0.1, 0.15) is 0 Å². The van der Waals surface area contributed by atoms with Gasteiger partial charge < -0.3 is 15.3 Å². The van der Waals surface area contributed by atoms with Crippen LogP contribution < -0.4 is 10.2 Å². The van der Waals surface area contributed by atoms with Crippen LogP contribution in [0, 0.1) is 0 Å². The zero-order chi connectivity index (χ0) is 15.9. The van der Waals surface area contributed by atoms with E-state index in [2.05, 4.69) is 5.32 Å². The molecule has 0 fully saturated rings. The Morgan fingerprint density at radius 2 is 1.86 bits per heavy atom. The molecule has 5 heteroatoms. The third-order valence-electron chi connectivity index (χ3n) is 3.41. The summed E-state index contributed by atoms with van der Waals surface area (Å²) in [6.07, 6.45) is 0.832. The largest absolute Gasteiger partial charge is 0.481 e. The van der Waals surface area contributed by atoms with Crippen molar-refractivity contribution in [1.29, 1.82) is 0 Å². The normalized spacial score (nSPS) is 11.0. The molecule has 5 nitrogen and oxygen atoms in total. The topological polar surface area (TPSA) is 69.6 Å². The SMILES string of the molecule is CCC(C)(C)NC(=O)CN(CCC(=O)O)c1ccccc1. The summed E-state index contributed by atoms with van der Waals surface area (Å²) in [5.74, 6) is -0.971. The Balaban J connectivity index is 2.73. The molecule has 0 saturated carbocycles. The number of aliphatic carboxylic acids is 1. The number of nitrogens with zero attached hydrogens (tertiary/aromatic N) is 1. The van der Waals surface area contributed by atoms with Crippen molar-refractivity contribution in [3.05, 3.63) is 30.3 Å². The quantitative estimate of drug-likeness (QED) is 0.771. The van der Waals surface area contributed by atoms with Gasteiger partial charge in [-0.3, -0.25) is 9.59 Å². The van der Waals surface area contributed by atoms with Crippen molar-refractivity contribution in [2.75, 3.05) is 18.0 Å². The molecule has 1 rings (SSSR count). The van der Waals surface area contributed by atoms with Crippen LogP contribution in [-0.4, -0.2) is 35.6 Å². The summed E-state index contributed by atoms with van der Waals surface area (Å²) in [5, 5.41) is 11.8. The average Bonchev–Trinajstić information content (AvgIpc) is 2.43. The van der Waals surface area contributed by atoms with Gasteiger partial charge in [0.2, 0.25) is 5.91 Å². The number of carboxylic acids is 1. The number of benzene rings is 1. The molecule has 1 aromatic rings. The van der Waals surface area contributed by atoms with Crippen molar-refractivity contribution in [1.82, 2.24) is 5.32 Å². The van der Waals surface area contributed by atoms with Crippen LogP contribution in [-0.2, 0) is 9.59 Å². The molecule has 0 spiro atoms. The first-order valence-electron chi connectivity index (χ1n) is 7.17. The van der Waals surface area contributed by atoms with Crippen LogP contribution in [0.15, 0.2) is 30.3 Å². The fraction of sp³-hybridized carbons (Fsp3) is 0.500. The van der Waals surface area contributed by atoms with Crippen LogP contribution in [0.3, 0.4) is 0 Å². The third-order valence-corrected chi connectivity index (χ3v) is 3.41. The van der Waals surface area contributed by atoms with Gasteiger partial charge in [0, 0.05) is 17.8 Å². The first-order valence-corrected chi connectivity index (χ1v) is 7.17. The molecule has 2 N–H and O–H groups in total. The molecular weight excluding hydrogens is 268 g/mol. The Morgan fingerprint density at radius 1 is 1.24 bits per heavy atom. The Bertz CT molecular complexity index is 472. The number of rotatable bonds is 8. The second kappa shape index (κ2) is 7.67. The first kappa shape index (κ1) is 17.0. The third kappa shape index (κ3) is 6.29. The van der Waals surface area contributed by atoms with E-state index >= 15 is 0 Å². The number of hydrogen-bond acceptors (Lipinski definition) is 3. The number of hydrogen-bond donors (Lipinski definition) is 2. The van der Waals surface area contributed by atoms with Gasteiger partial charge in [0.25, 0.3) is 0 Å². The van der Waals surface area contributed by atoms with E-state index in [4.69, 9.17) is 5.11 Å². The van der Waals surface area contributed by atoms with Crippen LogP contribution in [0.25, 0.3) is 0 Å². The summed E-state index contributed by atoms with van der Waals surface area (Å²) in [4.78, 5) is 24.7. The van der Waals surface area contributed by atoms with Crippen molar-refractivity contribution < 1.29 is 14.7 Å². The lowest BCUT2D eigenvalue weighted by Gasteiger charge is -2.28. The number of amides is 1. The predicted molar refractivity (Wildman–Crippen MR) is 83.4 cm³/mol. The molecule has 0 bridgehead atoms. The van der Waals surface area contributed by atoms with Gasteiger partial charge in [-0.1, -0.05) is 25.1 Å². The van der Waals surface area contributed by atoms with E-state index in [1.54, 1.807) is 4.90 Å². The van der Waals surface area contributed by atoms with Crippen molar-refractivity contribution in [2.45, 2.75) is 39.2 Å². The molecule has 0 aromatic heterocycles. The second-order valence-electron chi connectivity index (χ2n) is 5.69. The van der Waals surface area contributed by atoms with Gasteiger partial charge in [-0.25, -0.2) is 0 Å². The van der Waals surface area contributed by atoms with Crippen molar-refractivity contribution in [3.8, 4) is 0 Å². The summed E-state index contributed by atoms with van der Waals surface area (Å²) in [6.45, 7) is 6.41. The molecule has 0 atom stereocenters. The van der Waals surface area contributed by atoms with E-state index in [0.717, 1.165) is 12.1 Å². The van der Waals surface area contributed by atoms with Crippen LogP contribution in [0.4, 0.5) is 5.69 Å². The smallest absolute Gasteiger partial charge is 0.305 e. The molecule has 1 aromatic carbocycles. The second-order valence-corrected chi connectivity index (χ2v) is 5.69. The number of nitrogens with one attached hydrogen (secondary N) is 1. The first-order chi connectivity index (χ1) is 9.84. The molecular formula is C16H24N2O3. The molecule has 0 aliphatic carbocycles. The Labute approximate surface area is 126 Å². The van der Waals surface area contributed by atoms with Gasteiger partial charge in [-0.05, 0) is 32.4 Å². The Morgan fingerprint density at radius 3 is 2.38 bits per heavy atom. The lowest BCUT2D eigenvalue weighted by Crippen LogP contribution is -2.47. The molecule has 0 unspecified atom stereocenters. The molecule has 116 valence electrons. The Kier molecular flexibility index (Phi) is 6.21. The maximum absolute atomic E-state index is 12.1. The van der Waals surface area contributed by atoms with Crippen molar-refractivity contribution >= 4 is 17.6 Å². The highest BCUT2D eigenvalue weighted by molar-refractivity contribution is 5.82. The van der Waals surface area contributed by atoms with Crippen molar-refractivity contribution in [3.63, 3.8) is 0 Å². The lowest BCUT2D eigenvalue weighted by molar-refractivity contribution is -0.137. The van der Waals surface area contributed by atoms with Crippen LogP contribution in [0.1, 0.15) is 33.6 Å². The molecule has 1 amide bonds. The maximum Gasteiger partial charge on any atom is 0.305 e. The minimum absolute atomic E-state index is 0.000650. The number of para-hydroxylation sites is 1. The number of carbonyl (C=O) groups excluding carboxylic acids is 1. The number of carboxylic acid groups (broad SMARTS) is 1. The van der Waals surface area contributed by atoms with Gasteiger partial charge in [-0.15, -0.1) is 0 Å². The van der Waals surface area contributed by atoms with Crippen LogP contribution in [0.2, 0.25) is 0 Å². The molecule has 0 saturated heterocycles. The molecule has 21 heavy (non-hydrogen) atoms. The van der Waals surface area contributed by atoms with E-state index in [1.807, 2.05) is 51.1 Å². The molecule has 0 radical (unpaired) electrons. The average molecular weight is 292 g/mol. The molecule has 0 aliphatic heterocycles. The minimum atomic E-state index is -0.870. The van der Waals surface area contributed by atoms with Crippen molar-refractivity contribution in [2.24, 2.45) is 0 Å². The summed E-state index contributed by atoms with van der Waals surface area (Å²) < 4.78 is 0. The highest BCUT2D eigenvalue weighted by atomic mass is 16.4. The van der Waals surface area contributed by atoms with Gasteiger partial charge >= 0.3 is 5.97 Å². The fourth-order valence-corrected chi connectivity index (χ4v) is 1.85. The highest BCUT2D eigenvalue weighted by Crippen LogP contribution is 2.14. The maximum atomic E-state index is 12.1. The fourth-order valence-electron chi connectivity index (χ4n) is 1.85. The van der Waals surface area contributed by atoms with Gasteiger partial charge in [0.05, 0.1) is 13.0 Å².